The number of amides is 1. The summed E-state index contributed by atoms with van der Waals surface area (Å²) in [5.74, 6) is 0.0365. The summed E-state index contributed by atoms with van der Waals surface area (Å²) in [7, 11) is -2.28. The van der Waals surface area contributed by atoms with Crippen molar-refractivity contribution in [2.45, 2.75) is 31.2 Å². The molecule has 1 N–H and O–H groups in total. The maximum atomic E-state index is 13.1. The number of benzene rings is 2. The fourth-order valence-corrected chi connectivity index (χ4v) is 5.55. The first-order valence-electron chi connectivity index (χ1n) is 10.4. The van der Waals surface area contributed by atoms with Crippen LogP contribution in [0, 0.1) is 0 Å². The van der Waals surface area contributed by atoms with E-state index in [2.05, 4.69) is 17.4 Å². The second-order valence-electron chi connectivity index (χ2n) is 8.03. The van der Waals surface area contributed by atoms with Crippen LogP contribution in [-0.4, -0.2) is 53.5 Å². The van der Waals surface area contributed by atoms with Crippen LogP contribution in [0.5, 0.6) is 5.75 Å². The van der Waals surface area contributed by atoms with Gasteiger partial charge in [-0.05, 0) is 43.5 Å². The van der Waals surface area contributed by atoms with Gasteiger partial charge in [0.05, 0.1) is 24.1 Å². The highest BCUT2D eigenvalue weighted by atomic mass is 35.5. The highest BCUT2D eigenvalue weighted by Gasteiger charge is 2.36. The zero-order valence-electron chi connectivity index (χ0n) is 18.5. The van der Waals surface area contributed by atoms with Crippen LogP contribution in [0.2, 0.25) is 5.02 Å². The number of carbonyl (C=O) groups excluding carboxylic acids is 1. The van der Waals surface area contributed by atoms with Crippen molar-refractivity contribution in [2.75, 3.05) is 37.4 Å². The first kappa shape index (κ1) is 24.4. The number of ether oxygens (including phenoxy) is 2. The SMILES string of the molecule is COc1ccc(N([C@@H](C)C(=O)NCC2(c3ccccc3)CCOCC2)S(C)(=O)=O)cc1Cl. The first-order chi connectivity index (χ1) is 15.2. The molecule has 0 saturated carbocycles. The lowest BCUT2D eigenvalue weighted by molar-refractivity contribution is -0.122. The molecule has 1 fully saturated rings. The van der Waals surface area contributed by atoms with E-state index in [-0.39, 0.29) is 16.3 Å². The summed E-state index contributed by atoms with van der Waals surface area (Å²) in [6.07, 6.45) is 2.62. The van der Waals surface area contributed by atoms with E-state index in [1.165, 1.54) is 13.2 Å². The molecule has 1 atom stereocenters. The zero-order chi connectivity index (χ0) is 23.4. The van der Waals surface area contributed by atoms with Gasteiger partial charge in [0.25, 0.3) is 0 Å². The Labute approximate surface area is 194 Å². The van der Waals surface area contributed by atoms with Crippen LogP contribution in [0.15, 0.2) is 48.5 Å². The Bertz CT molecular complexity index is 1040. The molecule has 0 aromatic heterocycles. The molecule has 0 unspecified atom stereocenters. The predicted molar refractivity (Wildman–Crippen MR) is 126 cm³/mol. The molecule has 1 heterocycles. The molecule has 1 saturated heterocycles. The van der Waals surface area contributed by atoms with E-state index >= 15 is 0 Å². The highest BCUT2D eigenvalue weighted by molar-refractivity contribution is 7.92. The van der Waals surface area contributed by atoms with E-state index in [1.54, 1.807) is 19.1 Å². The number of anilines is 1. The standard InChI is InChI=1S/C23H29ClN2O5S/c1-17(26(32(3,28)29)19-9-10-21(30-2)20(24)15-19)22(27)25-16-23(11-13-31-14-12-23)18-7-5-4-6-8-18/h4-10,15,17H,11-14,16H2,1-3H3,(H,25,27)/t17-/m0/s1. The summed E-state index contributed by atoms with van der Waals surface area (Å²) in [6.45, 7) is 3.18. The lowest BCUT2D eigenvalue weighted by Crippen LogP contribution is -2.51. The Kier molecular flexibility index (Phi) is 7.69. The molecule has 0 aliphatic carbocycles. The number of hydrogen-bond acceptors (Lipinski definition) is 5. The maximum Gasteiger partial charge on any atom is 0.243 e. The van der Waals surface area contributed by atoms with Gasteiger partial charge in [0, 0.05) is 25.2 Å². The van der Waals surface area contributed by atoms with E-state index in [0.29, 0.717) is 31.2 Å². The molecule has 2 aromatic carbocycles. The lowest BCUT2D eigenvalue weighted by atomic mass is 9.74. The average Bonchev–Trinajstić information content (AvgIpc) is 2.78. The van der Waals surface area contributed by atoms with Crippen LogP contribution in [-0.2, 0) is 25.0 Å². The van der Waals surface area contributed by atoms with Crippen LogP contribution < -0.4 is 14.4 Å². The molecular formula is C23H29ClN2O5S. The third-order valence-electron chi connectivity index (χ3n) is 5.92. The number of halogens is 1. The van der Waals surface area contributed by atoms with Gasteiger partial charge in [-0.2, -0.15) is 0 Å². The topological polar surface area (TPSA) is 84.9 Å². The fourth-order valence-electron chi connectivity index (χ4n) is 4.13. The van der Waals surface area contributed by atoms with Crippen molar-refractivity contribution in [3.8, 4) is 5.75 Å². The molecule has 174 valence electrons. The number of sulfonamides is 1. The lowest BCUT2D eigenvalue weighted by Gasteiger charge is -2.38. The molecule has 0 radical (unpaired) electrons. The first-order valence-corrected chi connectivity index (χ1v) is 12.6. The Morgan fingerprint density at radius 3 is 2.44 bits per heavy atom. The van der Waals surface area contributed by atoms with Crippen molar-refractivity contribution < 1.29 is 22.7 Å². The van der Waals surface area contributed by atoms with E-state index in [9.17, 15) is 13.2 Å². The molecule has 0 bridgehead atoms. The number of carbonyl (C=O) groups is 1. The predicted octanol–water partition coefficient (Wildman–Crippen LogP) is 3.37. The van der Waals surface area contributed by atoms with Gasteiger partial charge in [-0.3, -0.25) is 9.10 Å². The molecule has 1 aliphatic rings. The van der Waals surface area contributed by atoms with Crippen molar-refractivity contribution >= 4 is 33.2 Å². The number of nitrogens with zero attached hydrogens (tertiary/aromatic N) is 1. The molecule has 7 nitrogen and oxygen atoms in total. The van der Waals surface area contributed by atoms with Gasteiger partial charge < -0.3 is 14.8 Å². The summed E-state index contributed by atoms with van der Waals surface area (Å²) in [5, 5.41) is 3.25. The number of hydrogen-bond donors (Lipinski definition) is 1. The summed E-state index contributed by atoms with van der Waals surface area (Å²) in [5.41, 5.74) is 1.18. The fraction of sp³-hybridized carbons (Fsp3) is 0.435. The molecule has 2 aromatic rings. The van der Waals surface area contributed by atoms with Crippen LogP contribution >= 0.6 is 11.6 Å². The van der Waals surface area contributed by atoms with Gasteiger partial charge in [-0.15, -0.1) is 0 Å². The van der Waals surface area contributed by atoms with Crippen molar-refractivity contribution in [1.29, 1.82) is 0 Å². The second kappa shape index (κ2) is 10.1. The Balaban J connectivity index is 1.82. The van der Waals surface area contributed by atoms with E-state index in [1.807, 2.05) is 18.2 Å². The van der Waals surface area contributed by atoms with Gasteiger partial charge in [-0.1, -0.05) is 41.9 Å². The van der Waals surface area contributed by atoms with Crippen LogP contribution in [0.4, 0.5) is 5.69 Å². The molecule has 1 amide bonds. The quantitative estimate of drug-likeness (QED) is 0.626. The van der Waals surface area contributed by atoms with Gasteiger partial charge in [0.2, 0.25) is 15.9 Å². The molecule has 9 heteroatoms. The molecule has 1 aliphatic heterocycles. The Morgan fingerprint density at radius 1 is 1.22 bits per heavy atom. The normalized spacial score (nSPS) is 16.8. The van der Waals surface area contributed by atoms with Crippen LogP contribution in [0.25, 0.3) is 0 Å². The number of rotatable bonds is 8. The molecular weight excluding hydrogens is 452 g/mol. The Hall–Kier alpha value is -2.29. The third-order valence-corrected chi connectivity index (χ3v) is 7.45. The molecule has 32 heavy (non-hydrogen) atoms. The summed E-state index contributed by atoms with van der Waals surface area (Å²) in [4.78, 5) is 13.1. The molecule has 3 rings (SSSR count). The van der Waals surface area contributed by atoms with Crippen molar-refractivity contribution in [3.63, 3.8) is 0 Å². The average molecular weight is 481 g/mol. The van der Waals surface area contributed by atoms with Gasteiger partial charge >= 0.3 is 0 Å². The minimum Gasteiger partial charge on any atom is -0.495 e. The van der Waals surface area contributed by atoms with E-state index in [0.717, 1.165) is 29.0 Å². The van der Waals surface area contributed by atoms with Crippen molar-refractivity contribution in [1.82, 2.24) is 5.32 Å². The monoisotopic (exact) mass is 480 g/mol. The minimum atomic E-state index is -3.76. The third kappa shape index (κ3) is 5.36. The maximum absolute atomic E-state index is 13.1. The van der Waals surface area contributed by atoms with Crippen LogP contribution in [0.3, 0.4) is 0 Å². The van der Waals surface area contributed by atoms with E-state index in [4.69, 9.17) is 21.1 Å². The number of nitrogens with one attached hydrogen (secondary N) is 1. The minimum absolute atomic E-state index is 0.256. The van der Waals surface area contributed by atoms with Crippen LogP contribution in [0.1, 0.15) is 25.3 Å². The van der Waals surface area contributed by atoms with Gasteiger partial charge in [0.15, 0.2) is 0 Å². The largest absolute Gasteiger partial charge is 0.495 e. The summed E-state index contributed by atoms with van der Waals surface area (Å²) >= 11 is 6.20. The summed E-state index contributed by atoms with van der Waals surface area (Å²) < 4.78 is 36.9. The Morgan fingerprint density at radius 2 is 1.88 bits per heavy atom. The van der Waals surface area contributed by atoms with Gasteiger partial charge in [0.1, 0.15) is 11.8 Å². The molecule has 0 spiro atoms. The smallest absolute Gasteiger partial charge is 0.243 e. The zero-order valence-corrected chi connectivity index (χ0v) is 20.1. The highest BCUT2D eigenvalue weighted by Crippen LogP contribution is 2.35. The van der Waals surface area contributed by atoms with Crippen molar-refractivity contribution in [3.05, 3.63) is 59.1 Å². The second-order valence-corrected chi connectivity index (χ2v) is 10.3. The van der Waals surface area contributed by atoms with Crippen molar-refractivity contribution in [2.24, 2.45) is 0 Å². The van der Waals surface area contributed by atoms with E-state index < -0.39 is 16.1 Å². The number of methoxy groups -OCH3 is 1. The van der Waals surface area contributed by atoms with Gasteiger partial charge in [-0.25, -0.2) is 8.42 Å². The summed E-state index contributed by atoms with van der Waals surface area (Å²) in [6, 6.07) is 13.7.